The second-order valence-corrected chi connectivity index (χ2v) is 4.57. The first-order chi connectivity index (χ1) is 10.7. The van der Waals surface area contributed by atoms with Gasteiger partial charge in [0.1, 0.15) is 12.4 Å². The Hall–Kier alpha value is -1.76. The van der Waals surface area contributed by atoms with Gasteiger partial charge in [0.15, 0.2) is 0 Å². The predicted octanol–water partition coefficient (Wildman–Crippen LogP) is 6.92. The van der Waals surface area contributed by atoms with E-state index in [-0.39, 0.29) is 0 Å². The highest BCUT2D eigenvalue weighted by Crippen LogP contribution is 2.18. The van der Waals surface area contributed by atoms with Gasteiger partial charge in [0.05, 0.1) is 0 Å². The summed E-state index contributed by atoms with van der Waals surface area (Å²) in [5.41, 5.74) is 2.52. The quantitative estimate of drug-likeness (QED) is 0.395. The number of rotatable bonds is 5. The van der Waals surface area contributed by atoms with Gasteiger partial charge in [0, 0.05) is 0 Å². The maximum atomic E-state index is 5.74. The van der Waals surface area contributed by atoms with Crippen molar-refractivity contribution >= 4 is 0 Å². The van der Waals surface area contributed by atoms with Crippen LogP contribution in [0.15, 0.2) is 72.1 Å². The van der Waals surface area contributed by atoms with Crippen LogP contribution < -0.4 is 0 Å². The van der Waals surface area contributed by atoms with Crippen molar-refractivity contribution in [3.8, 4) is 0 Å². The van der Waals surface area contributed by atoms with Crippen LogP contribution in [0.3, 0.4) is 0 Å². The van der Waals surface area contributed by atoms with Gasteiger partial charge in [-0.2, -0.15) is 0 Å². The number of allylic oxidation sites excluding steroid dienone is 8. The first-order valence-electron chi connectivity index (χ1n) is 8.19. The van der Waals surface area contributed by atoms with E-state index in [0.717, 1.165) is 24.2 Å². The minimum atomic E-state index is 0.603. The van der Waals surface area contributed by atoms with Gasteiger partial charge in [0.2, 0.25) is 0 Å². The predicted molar refractivity (Wildman–Crippen MR) is 102 cm³/mol. The summed E-state index contributed by atoms with van der Waals surface area (Å²) >= 11 is 0. The average molecular weight is 303 g/mol. The molecule has 0 aliphatic heterocycles. The van der Waals surface area contributed by atoms with E-state index in [2.05, 4.69) is 25.7 Å². The van der Waals surface area contributed by atoms with E-state index in [1.165, 1.54) is 5.57 Å². The third-order valence-corrected chi connectivity index (χ3v) is 2.72. The lowest BCUT2D eigenvalue weighted by molar-refractivity contribution is 0.252. The van der Waals surface area contributed by atoms with Crippen LogP contribution in [0.5, 0.6) is 0 Å². The molecule has 0 spiro atoms. The summed E-state index contributed by atoms with van der Waals surface area (Å²) < 4.78 is 5.74. The highest BCUT2D eigenvalue weighted by atomic mass is 16.5. The normalized spacial score (nSPS) is 14.4. The maximum Gasteiger partial charge on any atom is 0.115 e. The van der Waals surface area contributed by atoms with Crippen LogP contribution in [0.25, 0.3) is 0 Å². The fourth-order valence-electron chi connectivity index (χ4n) is 1.60. The number of hydrogen-bond acceptors (Lipinski definition) is 1. The van der Waals surface area contributed by atoms with Gasteiger partial charge >= 0.3 is 0 Å². The van der Waals surface area contributed by atoms with Gasteiger partial charge in [-0.25, -0.2) is 0 Å². The van der Waals surface area contributed by atoms with Crippen molar-refractivity contribution in [2.75, 3.05) is 6.61 Å². The molecule has 124 valence electrons. The molecule has 0 heterocycles. The third kappa shape index (κ3) is 13.2. The van der Waals surface area contributed by atoms with Crippen LogP contribution >= 0.6 is 0 Å². The molecule has 0 saturated heterocycles. The molecule has 1 heteroatoms. The fraction of sp³-hybridized carbons (Fsp3) is 0.429. The average Bonchev–Trinajstić information content (AvgIpc) is 2.55. The zero-order valence-electron chi connectivity index (χ0n) is 15.4. The van der Waals surface area contributed by atoms with E-state index < -0.39 is 0 Å². The molecule has 0 saturated carbocycles. The Morgan fingerprint density at radius 2 is 1.82 bits per heavy atom. The van der Waals surface area contributed by atoms with Gasteiger partial charge in [-0.15, -0.1) is 0 Å². The van der Waals surface area contributed by atoms with Crippen molar-refractivity contribution in [3.05, 3.63) is 72.1 Å². The summed E-state index contributed by atoms with van der Waals surface area (Å²) in [6.45, 7) is 16.4. The zero-order chi connectivity index (χ0) is 17.2. The molecule has 0 radical (unpaired) electrons. The van der Waals surface area contributed by atoms with Crippen LogP contribution in [0.2, 0.25) is 0 Å². The van der Waals surface area contributed by atoms with Gasteiger partial charge in [-0.05, 0) is 58.3 Å². The standard InChI is InChI=1S/C15H20O.C4H8.C2H6/c1-4-7-14(8-5-2)12-16-15-10-6-9-13(3)11-15;1-3-4-2;1-2/h4-5,7-8,10-11H,1,6,9,12H2,2-3H3;3-4H,1-2H3;1-2H3/b8-5-,14-7+;;. The highest BCUT2D eigenvalue weighted by Gasteiger charge is 2.02. The van der Waals surface area contributed by atoms with Gasteiger partial charge in [-0.3, -0.25) is 0 Å². The summed E-state index contributed by atoms with van der Waals surface area (Å²) in [5, 5.41) is 0. The van der Waals surface area contributed by atoms with Crippen LogP contribution in [0, 0.1) is 0 Å². The summed E-state index contributed by atoms with van der Waals surface area (Å²) in [7, 11) is 0. The van der Waals surface area contributed by atoms with Crippen molar-refractivity contribution in [2.45, 2.75) is 54.4 Å². The number of ether oxygens (including phenoxy) is 1. The lowest BCUT2D eigenvalue weighted by atomic mass is 10.1. The Bertz CT molecular complexity index is 413. The largest absolute Gasteiger partial charge is 0.489 e. The molecule has 0 fully saturated rings. The Morgan fingerprint density at radius 1 is 1.18 bits per heavy atom. The summed E-state index contributed by atoms with van der Waals surface area (Å²) in [5.74, 6) is 0.989. The minimum Gasteiger partial charge on any atom is -0.489 e. The Kier molecular flexibility index (Phi) is 17.7. The molecular weight excluding hydrogens is 268 g/mol. The smallest absolute Gasteiger partial charge is 0.115 e. The Morgan fingerprint density at radius 3 is 2.27 bits per heavy atom. The Balaban J connectivity index is 0. The van der Waals surface area contributed by atoms with E-state index in [1.54, 1.807) is 6.08 Å². The molecule has 0 aromatic carbocycles. The van der Waals surface area contributed by atoms with Crippen molar-refractivity contribution in [3.63, 3.8) is 0 Å². The minimum absolute atomic E-state index is 0.603. The molecule has 22 heavy (non-hydrogen) atoms. The molecular formula is C21H34O. The van der Waals surface area contributed by atoms with Gasteiger partial charge < -0.3 is 4.74 Å². The number of hydrogen-bond donors (Lipinski definition) is 0. The maximum absolute atomic E-state index is 5.74. The SMILES string of the molecule is C=C/C=C(\C=C/C)COC1=CCCC(C)=C1.CC.CC=CC. The van der Waals surface area contributed by atoms with E-state index in [0.29, 0.717) is 6.61 Å². The van der Waals surface area contributed by atoms with Crippen LogP contribution in [0.1, 0.15) is 54.4 Å². The molecule has 0 unspecified atom stereocenters. The van der Waals surface area contributed by atoms with E-state index >= 15 is 0 Å². The first kappa shape index (κ1) is 22.5. The monoisotopic (exact) mass is 302 g/mol. The molecule has 0 aromatic rings. The lowest BCUT2D eigenvalue weighted by Gasteiger charge is -2.12. The third-order valence-electron chi connectivity index (χ3n) is 2.72. The Labute approximate surface area is 138 Å². The lowest BCUT2D eigenvalue weighted by Crippen LogP contribution is -1.99. The van der Waals surface area contributed by atoms with Gasteiger partial charge in [-0.1, -0.05) is 62.5 Å². The van der Waals surface area contributed by atoms with Crippen LogP contribution in [0.4, 0.5) is 0 Å². The van der Waals surface area contributed by atoms with Crippen molar-refractivity contribution < 1.29 is 4.74 Å². The van der Waals surface area contributed by atoms with E-state index in [1.807, 2.05) is 65.0 Å². The van der Waals surface area contributed by atoms with Crippen molar-refractivity contribution in [1.29, 1.82) is 0 Å². The van der Waals surface area contributed by atoms with E-state index in [9.17, 15) is 0 Å². The van der Waals surface area contributed by atoms with E-state index in [4.69, 9.17) is 4.74 Å². The molecule has 0 N–H and O–H groups in total. The highest BCUT2D eigenvalue weighted by molar-refractivity contribution is 5.26. The molecule has 1 aliphatic carbocycles. The summed E-state index contributed by atoms with van der Waals surface area (Å²) in [4.78, 5) is 0. The molecule has 1 rings (SSSR count). The summed E-state index contributed by atoms with van der Waals surface area (Å²) in [6.07, 6.45) is 18.3. The molecule has 0 aromatic heterocycles. The second-order valence-electron chi connectivity index (χ2n) is 4.57. The van der Waals surface area contributed by atoms with Crippen LogP contribution in [-0.2, 0) is 4.74 Å². The van der Waals surface area contributed by atoms with Crippen molar-refractivity contribution in [1.82, 2.24) is 0 Å². The molecule has 0 bridgehead atoms. The van der Waals surface area contributed by atoms with Crippen LogP contribution in [-0.4, -0.2) is 6.61 Å². The first-order valence-corrected chi connectivity index (χ1v) is 8.19. The zero-order valence-corrected chi connectivity index (χ0v) is 15.4. The molecule has 0 atom stereocenters. The van der Waals surface area contributed by atoms with Crippen molar-refractivity contribution in [2.24, 2.45) is 0 Å². The topological polar surface area (TPSA) is 9.23 Å². The van der Waals surface area contributed by atoms with Gasteiger partial charge in [0.25, 0.3) is 0 Å². The second kappa shape index (κ2) is 17.3. The molecule has 1 aliphatic rings. The fourth-order valence-corrected chi connectivity index (χ4v) is 1.60. The summed E-state index contributed by atoms with van der Waals surface area (Å²) in [6, 6.07) is 0. The molecule has 1 nitrogen and oxygen atoms in total. The molecule has 0 amide bonds.